The molecule has 15 heavy (non-hydrogen) atoms. The number of benzene rings is 1. The van der Waals surface area contributed by atoms with Crippen molar-refractivity contribution in [1.82, 2.24) is 0 Å². The predicted octanol–water partition coefficient (Wildman–Crippen LogP) is 4.67. The highest BCUT2D eigenvalue weighted by molar-refractivity contribution is 6.32. The lowest BCUT2D eigenvalue weighted by Gasteiger charge is -2.14. The fraction of sp³-hybridized carbons (Fsp3) is 0.500. The minimum atomic E-state index is -0.0246. The van der Waals surface area contributed by atoms with Gasteiger partial charge in [-0.05, 0) is 30.0 Å². The normalized spacial score (nSPS) is 12.9. The highest BCUT2D eigenvalue weighted by atomic mass is 35.5. The van der Waals surface area contributed by atoms with E-state index in [1.165, 1.54) is 0 Å². The fourth-order valence-corrected chi connectivity index (χ4v) is 2.33. The molecule has 1 nitrogen and oxygen atoms in total. The molecule has 84 valence electrons. The third-order valence-electron chi connectivity index (χ3n) is 2.22. The third kappa shape index (κ3) is 3.58. The first-order valence-corrected chi connectivity index (χ1v) is 5.83. The van der Waals surface area contributed by atoms with Gasteiger partial charge in [-0.3, -0.25) is 0 Å². The van der Waals surface area contributed by atoms with Crippen molar-refractivity contribution in [2.75, 3.05) is 7.11 Å². The minimum Gasteiger partial charge on any atom is -0.497 e. The van der Waals surface area contributed by atoms with Gasteiger partial charge in [0, 0.05) is 5.02 Å². The smallest absolute Gasteiger partial charge is 0.120 e. The Kier molecular flexibility index (Phi) is 4.75. The molecule has 0 spiro atoms. The SMILES string of the molecule is COc1ccc(C(Cl)CC(C)C)c(Cl)c1. The number of methoxy groups -OCH3 is 1. The molecule has 1 unspecified atom stereocenters. The maximum atomic E-state index is 6.28. The topological polar surface area (TPSA) is 9.23 Å². The third-order valence-corrected chi connectivity index (χ3v) is 2.96. The number of halogens is 2. The summed E-state index contributed by atoms with van der Waals surface area (Å²) in [6.45, 7) is 4.29. The molecule has 0 amide bonds. The number of hydrogen-bond acceptors (Lipinski definition) is 1. The van der Waals surface area contributed by atoms with E-state index in [0.717, 1.165) is 17.7 Å². The maximum Gasteiger partial charge on any atom is 0.120 e. The Bertz CT molecular complexity index is 323. The molecular weight excluding hydrogens is 231 g/mol. The first-order valence-electron chi connectivity index (χ1n) is 5.02. The molecule has 0 N–H and O–H groups in total. The Balaban J connectivity index is 2.85. The van der Waals surface area contributed by atoms with Crippen LogP contribution in [0.5, 0.6) is 5.75 Å². The summed E-state index contributed by atoms with van der Waals surface area (Å²) in [5.41, 5.74) is 0.979. The zero-order valence-corrected chi connectivity index (χ0v) is 10.8. The van der Waals surface area contributed by atoms with E-state index in [2.05, 4.69) is 13.8 Å². The van der Waals surface area contributed by atoms with E-state index in [0.29, 0.717) is 10.9 Å². The van der Waals surface area contributed by atoms with Crippen molar-refractivity contribution in [3.8, 4) is 5.75 Å². The molecule has 1 atom stereocenters. The van der Waals surface area contributed by atoms with Gasteiger partial charge in [0.05, 0.1) is 12.5 Å². The van der Waals surface area contributed by atoms with Gasteiger partial charge in [-0.2, -0.15) is 0 Å². The second-order valence-corrected chi connectivity index (χ2v) is 4.92. The van der Waals surface area contributed by atoms with Crippen LogP contribution in [0.1, 0.15) is 31.2 Å². The van der Waals surface area contributed by atoms with Crippen LogP contribution >= 0.6 is 23.2 Å². The largest absolute Gasteiger partial charge is 0.497 e. The second kappa shape index (κ2) is 5.62. The van der Waals surface area contributed by atoms with Gasteiger partial charge in [0.15, 0.2) is 0 Å². The van der Waals surface area contributed by atoms with Gasteiger partial charge in [0.25, 0.3) is 0 Å². The van der Waals surface area contributed by atoms with E-state index in [1.54, 1.807) is 13.2 Å². The summed E-state index contributed by atoms with van der Waals surface area (Å²) >= 11 is 12.4. The van der Waals surface area contributed by atoms with E-state index in [-0.39, 0.29) is 5.38 Å². The van der Waals surface area contributed by atoms with Crippen LogP contribution in [0, 0.1) is 5.92 Å². The van der Waals surface area contributed by atoms with E-state index in [9.17, 15) is 0 Å². The Labute approximate surface area is 101 Å². The molecule has 1 aromatic carbocycles. The van der Waals surface area contributed by atoms with Crippen molar-refractivity contribution < 1.29 is 4.74 Å². The molecule has 0 fully saturated rings. The van der Waals surface area contributed by atoms with Crippen LogP contribution in [0.4, 0.5) is 0 Å². The Morgan fingerprint density at radius 1 is 1.33 bits per heavy atom. The average Bonchev–Trinajstić information content (AvgIpc) is 2.16. The van der Waals surface area contributed by atoms with E-state index in [1.807, 2.05) is 12.1 Å². The molecule has 0 aliphatic rings. The van der Waals surface area contributed by atoms with Crippen LogP contribution in [0.15, 0.2) is 18.2 Å². The maximum absolute atomic E-state index is 6.28. The van der Waals surface area contributed by atoms with Crippen LogP contribution in [0.2, 0.25) is 5.02 Å². The molecule has 0 saturated carbocycles. The first-order chi connectivity index (χ1) is 7.04. The molecule has 0 heterocycles. The van der Waals surface area contributed by atoms with Crippen LogP contribution < -0.4 is 4.74 Å². The van der Waals surface area contributed by atoms with Crippen molar-refractivity contribution >= 4 is 23.2 Å². The van der Waals surface area contributed by atoms with Crippen molar-refractivity contribution in [3.63, 3.8) is 0 Å². The van der Waals surface area contributed by atoms with Crippen LogP contribution in [0.25, 0.3) is 0 Å². The van der Waals surface area contributed by atoms with Gasteiger partial charge in [-0.25, -0.2) is 0 Å². The van der Waals surface area contributed by atoms with Gasteiger partial charge in [0.2, 0.25) is 0 Å². The Morgan fingerprint density at radius 3 is 2.47 bits per heavy atom. The van der Waals surface area contributed by atoms with Crippen LogP contribution in [-0.2, 0) is 0 Å². The molecule has 0 aliphatic carbocycles. The average molecular weight is 247 g/mol. The molecule has 0 bridgehead atoms. The Morgan fingerprint density at radius 2 is 2.00 bits per heavy atom. The summed E-state index contributed by atoms with van der Waals surface area (Å²) in [6, 6.07) is 5.62. The zero-order chi connectivity index (χ0) is 11.4. The lowest BCUT2D eigenvalue weighted by molar-refractivity contribution is 0.414. The van der Waals surface area contributed by atoms with Gasteiger partial charge in [0.1, 0.15) is 5.75 Å². The second-order valence-electron chi connectivity index (χ2n) is 3.98. The van der Waals surface area contributed by atoms with Crippen molar-refractivity contribution in [3.05, 3.63) is 28.8 Å². The minimum absolute atomic E-state index is 0.0246. The molecule has 1 rings (SSSR count). The number of rotatable bonds is 4. The van der Waals surface area contributed by atoms with E-state index in [4.69, 9.17) is 27.9 Å². The number of alkyl halides is 1. The summed E-state index contributed by atoms with van der Waals surface area (Å²) in [7, 11) is 1.62. The quantitative estimate of drug-likeness (QED) is 0.702. The van der Waals surface area contributed by atoms with Gasteiger partial charge in [-0.15, -0.1) is 11.6 Å². The summed E-state index contributed by atoms with van der Waals surface area (Å²) in [5, 5.41) is 0.651. The molecule has 0 saturated heterocycles. The fourth-order valence-electron chi connectivity index (χ4n) is 1.43. The lowest BCUT2D eigenvalue weighted by atomic mass is 10.0. The molecule has 3 heteroatoms. The van der Waals surface area contributed by atoms with Gasteiger partial charge in [-0.1, -0.05) is 31.5 Å². The zero-order valence-electron chi connectivity index (χ0n) is 9.26. The highest BCUT2D eigenvalue weighted by Gasteiger charge is 2.13. The summed E-state index contributed by atoms with van der Waals surface area (Å²) < 4.78 is 5.08. The highest BCUT2D eigenvalue weighted by Crippen LogP contribution is 2.34. The van der Waals surface area contributed by atoms with Crippen LogP contribution in [-0.4, -0.2) is 7.11 Å². The molecule has 1 aromatic rings. The summed E-state index contributed by atoms with van der Waals surface area (Å²) in [5.74, 6) is 1.32. The van der Waals surface area contributed by atoms with Crippen molar-refractivity contribution in [1.29, 1.82) is 0 Å². The summed E-state index contributed by atoms with van der Waals surface area (Å²) in [6.07, 6.45) is 0.924. The van der Waals surface area contributed by atoms with Crippen molar-refractivity contribution in [2.24, 2.45) is 5.92 Å². The van der Waals surface area contributed by atoms with E-state index < -0.39 is 0 Å². The summed E-state index contributed by atoms with van der Waals surface area (Å²) in [4.78, 5) is 0. The molecule has 0 aromatic heterocycles. The molecule has 0 radical (unpaired) electrons. The van der Waals surface area contributed by atoms with Gasteiger partial charge >= 0.3 is 0 Å². The Hall–Kier alpha value is -0.400. The molecule has 0 aliphatic heterocycles. The first kappa shape index (κ1) is 12.7. The molecular formula is C12H16Cl2O. The lowest BCUT2D eigenvalue weighted by Crippen LogP contribution is -1.97. The predicted molar refractivity (Wildman–Crippen MR) is 66.1 cm³/mol. The standard InChI is InChI=1S/C12H16Cl2O/c1-8(2)6-11(13)10-5-4-9(15-3)7-12(10)14/h4-5,7-8,11H,6H2,1-3H3. The number of hydrogen-bond donors (Lipinski definition) is 0. The number of ether oxygens (including phenoxy) is 1. The van der Waals surface area contributed by atoms with Crippen molar-refractivity contribution in [2.45, 2.75) is 25.6 Å². The van der Waals surface area contributed by atoms with E-state index >= 15 is 0 Å². The van der Waals surface area contributed by atoms with Gasteiger partial charge < -0.3 is 4.74 Å². The van der Waals surface area contributed by atoms with Crippen LogP contribution in [0.3, 0.4) is 0 Å². The monoisotopic (exact) mass is 246 g/mol.